The van der Waals surface area contributed by atoms with Crippen molar-refractivity contribution in [2.75, 3.05) is 26.2 Å². The molecule has 1 aromatic heterocycles. The van der Waals surface area contributed by atoms with E-state index in [1.807, 2.05) is 36.4 Å². The average Bonchev–Trinajstić information content (AvgIpc) is 3.39. The first-order valence-corrected chi connectivity index (χ1v) is 16.2. The van der Waals surface area contributed by atoms with Gasteiger partial charge >= 0.3 is 5.97 Å². The largest absolute Gasteiger partial charge is 0.492 e. The number of aryl methyl sites for hydroxylation is 1. The molecule has 3 unspecified atom stereocenters. The van der Waals surface area contributed by atoms with E-state index in [-0.39, 0.29) is 16.5 Å². The number of aromatic nitrogens is 3. The summed E-state index contributed by atoms with van der Waals surface area (Å²) in [6, 6.07) is 16.0. The molecular formula is C32H36Cl2N4O3S. The van der Waals surface area contributed by atoms with Crippen molar-refractivity contribution >= 4 is 40.9 Å². The molecule has 1 N–H and O–H groups in total. The number of benzene rings is 2. The summed E-state index contributed by atoms with van der Waals surface area (Å²) in [7, 11) is 0. The summed E-state index contributed by atoms with van der Waals surface area (Å²) in [5.74, 6) is 0.647. The summed E-state index contributed by atoms with van der Waals surface area (Å²) in [5, 5.41) is 20.1. The van der Waals surface area contributed by atoms with Crippen molar-refractivity contribution in [2.24, 2.45) is 5.92 Å². The highest BCUT2D eigenvalue weighted by Gasteiger charge is 2.26. The van der Waals surface area contributed by atoms with Crippen LogP contribution in [0.1, 0.15) is 49.2 Å². The van der Waals surface area contributed by atoms with Gasteiger partial charge in [0.05, 0.1) is 22.2 Å². The molecule has 0 saturated carbocycles. The quantitative estimate of drug-likeness (QED) is 0.166. The number of piperidine rings is 1. The highest BCUT2D eigenvalue weighted by atomic mass is 35.5. The van der Waals surface area contributed by atoms with Gasteiger partial charge in [0.2, 0.25) is 0 Å². The van der Waals surface area contributed by atoms with Gasteiger partial charge in [0.25, 0.3) is 0 Å². The summed E-state index contributed by atoms with van der Waals surface area (Å²) >= 11 is 14.2. The van der Waals surface area contributed by atoms with Crippen molar-refractivity contribution in [1.82, 2.24) is 19.7 Å². The maximum atomic E-state index is 11.4. The fourth-order valence-electron chi connectivity index (χ4n) is 5.36. The molecule has 2 heterocycles. The van der Waals surface area contributed by atoms with Crippen LogP contribution >= 0.6 is 35.0 Å². The first-order valence-electron chi connectivity index (χ1n) is 14.5. The lowest BCUT2D eigenvalue weighted by Crippen LogP contribution is -2.40. The van der Waals surface area contributed by atoms with Crippen LogP contribution in [-0.4, -0.2) is 62.4 Å². The minimum absolute atomic E-state index is 0.000628. The first-order chi connectivity index (χ1) is 20.4. The molecule has 10 heteroatoms. The van der Waals surface area contributed by atoms with E-state index in [0.717, 1.165) is 66.6 Å². The van der Waals surface area contributed by atoms with Crippen LogP contribution in [-0.2, 0) is 11.2 Å². The normalized spacial score (nSPS) is 19.8. The SMILES string of the molecule is CCCc1nnc(SC(C2=CCC(Cl)C=C2)c2ccc(Cl)cc2)n1-c1cccc(OCCN2CCCC(C(=O)O)C2)c1. The molecule has 2 aliphatic rings. The second-order valence-corrected chi connectivity index (χ2v) is 12.7. The predicted molar refractivity (Wildman–Crippen MR) is 169 cm³/mol. The summed E-state index contributed by atoms with van der Waals surface area (Å²) in [6.45, 7) is 4.80. The molecule has 42 heavy (non-hydrogen) atoms. The Morgan fingerprint density at radius 1 is 1.21 bits per heavy atom. The lowest BCUT2D eigenvalue weighted by Gasteiger charge is -2.30. The van der Waals surface area contributed by atoms with Crippen LogP contribution in [0.25, 0.3) is 5.69 Å². The number of ether oxygens (including phenoxy) is 1. The van der Waals surface area contributed by atoms with E-state index in [0.29, 0.717) is 24.7 Å². The Labute approximate surface area is 261 Å². The summed E-state index contributed by atoms with van der Waals surface area (Å²) in [5.41, 5.74) is 3.24. The van der Waals surface area contributed by atoms with E-state index < -0.39 is 5.97 Å². The number of hydrogen-bond acceptors (Lipinski definition) is 6. The van der Waals surface area contributed by atoms with Crippen molar-refractivity contribution < 1.29 is 14.6 Å². The van der Waals surface area contributed by atoms with Crippen LogP contribution in [0.5, 0.6) is 5.75 Å². The molecule has 0 spiro atoms. The van der Waals surface area contributed by atoms with Crippen molar-refractivity contribution in [3.63, 3.8) is 0 Å². The topological polar surface area (TPSA) is 80.5 Å². The smallest absolute Gasteiger partial charge is 0.307 e. The first kappa shape index (κ1) is 30.7. The molecular weight excluding hydrogens is 591 g/mol. The Hall–Kier alpha value is -2.78. The third-order valence-corrected chi connectivity index (χ3v) is 9.39. The van der Waals surface area contributed by atoms with Crippen LogP contribution in [0.4, 0.5) is 0 Å². The van der Waals surface area contributed by atoms with Gasteiger partial charge in [-0.2, -0.15) is 0 Å². The van der Waals surface area contributed by atoms with Crippen molar-refractivity contribution in [1.29, 1.82) is 0 Å². The van der Waals surface area contributed by atoms with E-state index in [2.05, 4.69) is 56.9 Å². The standard InChI is InChI=1S/C32H36Cl2N4O3S/c1-2-5-29-35-36-32(42-30(22-9-13-25(33)14-10-22)23-11-15-26(34)16-12-23)38(29)27-7-3-8-28(20-27)41-19-18-37-17-4-6-24(21-37)31(39)40/h3,7-15,20,24,26,30H,2,4-6,16-19,21H2,1H3,(H,39,40). The Balaban J connectivity index is 1.37. The zero-order valence-corrected chi connectivity index (χ0v) is 26.0. The number of thioether (sulfide) groups is 1. The molecule has 5 rings (SSSR count). The molecule has 7 nitrogen and oxygen atoms in total. The highest BCUT2D eigenvalue weighted by molar-refractivity contribution is 7.99. The monoisotopic (exact) mass is 626 g/mol. The average molecular weight is 628 g/mol. The minimum atomic E-state index is -0.712. The maximum Gasteiger partial charge on any atom is 0.307 e. The number of rotatable bonds is 12. The molecule has 0 radical (unpaired) electrons. The van der Waals surface area contributed by atoms with Crippen LogP contribution in [0.2, 0.25) is 5.02 Å². The number of carbonyl (C=O) groups is 1. The Morgan fingerprint density at radius 3 is 2.79 bits per heavy atom. The number of alkyl halides is 1. The Kier molecular flexibility index (Phi) is 10.7. The lowest BCUT2D eigenvalue weighted by atomic mass is 9.98. The summed E-state index contributed by atoms with van der Waals surface area (Å²) < 4.78 is 8.28. The molecule has 1 aliphatic heterocycles. The Bertz CT molecular complexity index is 1430. The van der Waals surface area contributed by atoms with E-state index in [9.17, 15) is 9.90 Å². The second kappa shape index (κ2) is 14.6. The number of hydrogen-bond donors (Lipinski definition) is 1. The molecule has 1 fully saturated rings. The van der Waals surface area contributed by atoms with E-state index in [1.54, 1.807) is 11.8 Å². The lowest BCUT2D eigenvalue weighted by molar-refractivity contribution is -0.143. The van der Waals surface area contributed by atoms with E-state index in [4.69, 9.17) is 27.9 Å². The van der Waals surface area contributed by atoms with Crippen LogP contribution < -0.4 is 4.74 Å². The number of aliphatic carboxylic acids is 1. The van der Waals surface area contributed by atoms with Crippen LogP contribution in [0.15, 0.2) is 77.5 Å². The van der Waals surface area contributed by atoms with Gasteiger partial charge in [0.1, 0.15) is 18.2 Å². The van der Waals surface area contributed by atoms with E-state index in [1.165, 1.54) is 5.57 Å². The van der Waals surface area contributed by atoms with Crippen molar-refractivity contribution in [2.45, 2.75) is 54.8 Å². The summed E-state index contributed by atoms with van der Waals surface area (Å²) in [6.07, 6.45) is 10.5. The van der Waals surface area contributed by atoms with Gasteiger partial charge < -0.3 is 9.84 Å². The second-order valence-electron chi connectivity index (χ2n) is 10.7. The van der Waals surface area contributed by atoms with Gasteiger partial charge in [-0.05, 0) is 67.6 Å². The van der Waals surface area contributed by atoms with Crippen molar-refractivity contribution in [3.05, 3.63) is 88.7 Å². The minimum Gasteiger partial charge on any atom is -0.492 e. The van der Waals surface area contributed by atoms with E-state index >= 15 is 0 Å². The maximum absolute atomic E-state index is 11.4. The van der Waals surface area contributed by atoms with Crippen LogP contribution in [0.3, 0.4) is 0 Å². The van der Waals surface area contributed by atoms with Gasteiger partial charge in [0, 0.05) is 30.6 Å². The number of carboxylic acid groups (broad SMARTS) is 1. The zero-order chi connectivity index (χ0) is 29.5. The fourth-order valence-corrected chi connectivity index (χ4v) is 6.87. The van der Waals surface area contributed by atoms with Gasteiger partial charge in [-0.3, -0.25) is 14.3 Å². The molecule has 3 aromatic rings. The number of allylic oxidation sites excluding steroid dienone is 3. The number of carboxylic acids is 1. The van der Waals surface area contributed by atoms with Gasteiger partial charge in [0.15, 0.2) is 5.16 Å². The number of halogens is 2. The number of likely N-dealkylation sites (tertiary alicyclic amines) is 1. The predicted octanol–water partition coefficient (Wildman–Crippen LogP) is 7.38. The highest BCUT2D eigenvalue weighted by Crippen LogP contribution is 2.43. The van der Waals surface area contributed by atoms with Gasteiger partial charge in [-0.1, -0.05) is 66.7 Å². The summed E-state index contributed by atoms with van der Waals surface area (Å²) in [4.78, 5) is 13.6. The molecule has 3 atom stereocenters. The Morgan fingerprint density at radius 2 is 2.05 bits per heavy atom. The van der Waals surface area contributed by atoms with Crippen LogP contribution in [0, 0.1) is 5.92 Å². The molecule has 1 aliphatic carbocycles. The molecule has 1 saturated heterocycles. The third-order valence-electron chi connectivity index (χ3n) is 7.56. The zero-order valence-electron chi connectivity index (χ0n) is 23.7. The molecule has 0 bridgehead atoms. The van der Waals surface area contributed by atoms with Crippen molar-refractivity contribution in [3.8, 4) is 11.4 Å². The molecule has 0 amide bonds. The third kappa shape index (κ3) is 7.78. The van der Waals surface area contributed by atoms with Gasteiger partial charge in [-0.15, -0.1) is 21.8 Å². The fraction of sp³-hybridized carbons (Fsp3) is 0.406. The molecule has 222 valence electrons. The van der Waals surface area contributed by atoms with Gasteiger partial charge in [-0.25, -0.2) is 0 Å². The number of nitrogens with zero attached hydrogens (tertiary/aromatic N) is 4. The molecule has 2 aromatic carbocycles.